The molecule has 1 aromatic carbocycles. The molecule has 0 N–H and O–H groups in total. The summed E-state index contributed by atoms with van der Waals surface area (Å²) in [5.41, 5.74) is -0.788. The Kier molecular flexibility index (Phi) is 4.63. The van der Waals surface area contributed by atoms with Gasteiger partial charge in [0.05, 0.1) is 19.1 Å². The van der Waals surface area contributed by atoms with Gasteiger partial charge in [-0.2, -0.15) is 0 Å². The third-order valence-corrected chi connectivity index (χ3v) is 2.40. The second-order valence-electron chi connectivity index (χ2n) is 3.74. The molecular formula is C12H13NO7. The van der Waals surface area contributed by atoms with Crippen LogP contribution >= 0.6 is 0 Å². The van der Waals surface area contributed by atoms with Gasteiger partial charge in [-0.3, -0.25) is 19.7 Å². The quantitative estimate of drug-likeness (QED) is 0.266. The minimum atomic E-state index is -0.800. The Hall–Kier alpha value is -2.64. The Morgan fingerprint density at radius 1 is 1.15 bits per heavy atom. The third-order valence-electron chi connectivity index (χ3n) is 2.40. The molecule has 0 spiro atoms. The number of nitrogens with zero attached hydrogens (tertiary/aromatic N) is 1. The molecule has 0 atom stereocenters. The summed E-state index contributed by atoms with van der Waals surface area (Å²) < 4.78 is 14.7. The summed E-state index contributed by atoms with van der Waals surface area (Å²) in [5, 5.41) is 11.1. The number of esters is 1. The van der Waals surface area contributed by atoms with E-state index in [0.717, 1.165) is 6.92 Å². The molecule has 108 valence electrons. The first-order valence-corrected chi connectivity index (χ1v) is 5.46. The number of ketones is 1. The highest BCUT2D eigenvalue weighted by Crippen LogP contribution is 2.45. The lowest BCUT2D eigenvalue weighted by atomic mass is 10.1. The predicted octanol–water partition coefficient (Wildman–Crippen LogP) is 1.74. The Morgan fingerprint density at radius 2 is 1.70 bits per heavy atom. The van der Waals surface area contributed by atoms with E-state index in [9.17, 15) is 19.7 Å². The average molecular weight is 283 g/mol. The van der Waals surface area contributed by atoms with Crippen molar-refractivity contribution in [2.24, 2.45) is 0 Å². The molecule has 0 saturated carbocycles. The van der Waals surface area contributed by atoms with Gasteiger partial charge in [-0.25, -0.2) is 0 Å². The van der Waals surface area contributed by atoms with E-state index in [-0.39, 0.29) is 17.1 Å². The fraction of sp³-hybridized carbons (Fsp3) is 0.333. The zero-order valence-corrected chi connectivity index (χ0v) is 11.4. The van der Waals surface area contributed by atoms with Gasteiger partial charge < -0.3 is 14.2 Å². The average Bonchev–Trinajstić information content (AvgIpc) is 2.35. The molecule has 8 heteroatoms. The molecule has 0 amide bonds. The molecule has 0 aromatic heterocycles. The summed E-state index contributed by atoms with van der Waals surface area (Å²) in [5.74, 6) is -1.97. The minimum absolute atomic E-state index is 0.0243. The summed E-state index contributed by atoms with van der Waals surface area (Å²) in [7, 11) is 2.50. The van der Waals surface area contributed by atoms with Gasteiger partial charge in [0.25, 0.3) is 0 Å². The molecule has 0 aliphatic rings. The number of hydrogen-bond acceptors (Lipinski definition) is 7. The second-order valence-corrected chi connectivity index (χ2v) is 3.74. The molecular weight excluding hydrogens is 270 g/mol. The van der Waals surface area contributed by atoms with Crippen molar-refractivity contribution in [1.29, 1.82) is 0 Å². The van der Waals surface area contributed by atoms with Crippen molar-refractivity contribution < 1.29 is 28.7 Å². The van der Waals surface area contributed by atoms with Gasteiger partial charge in [-0.05, 0) is 6.92 Å². The van der Waals surface area contributed by atoms with Gasteiger partial charge in [-0.15, -0.1) is 0 Å². The van der Waals surface area contributed by atoms with E-state index in [1.54, 1.807) is 0 Å². The lowest BCUT2D eigenvalue weighted by molar-refractivity contribution is -0.386. The van der Waals surface area contributed by atoms with Crippen LogP contribution in [-0.2, 0) is 4.79 Å². The lowest BCUT2D eigenvalue weighted by Crippen LogP contribution is -2.11. The highest BCUT2D eigenvalue weighted by atomic mass is 16.6. The number of nitro groups is 1. The molecule has 0 bridgehead atoms. The van der Waals surface area contributed by atoms with Gasteiger partial charge in [0.2, 0.25) is 11.5 Å². The molecule has 1 aromatic rings. The Morgan fingerprint density at radius 3 is 2.05 bits per heavy atom. The zero-order chi connectivity index (χ0) is 15.4. The standard InChI is InChI=1S/C12H13NO7/c1-6(14)10-8(18-3)5-9(19-4)11(13(16)17)12(10)20-7(2)15/h5H,1-4H3. The topological polar surface area (TPSA) is 105 Å². The number of carbonyl (C=O) groups is 2. The second kappa shape index (κ2) is 6.00. The molecule has 0 heterocycles. The van der Waals surface area contributed by atoms with Crippen molar-refractivity contribution in [3.63, 3.8) is 0 Å². The first-order valence-electron chi connectivity index (χ1n) is 5.46. The molecule has 20 heavy (non-hydrogen) atoms. The van der Waals surface area contributed by atoms with Gasteiger partial charge in [0, 0.05) is 13.0 Å². The van der Waals surface area contributed by atoms with Gasteiger partial charge in [-0.1, -0.05) is 0 Å². The van der Waals surface area contributed by atoms with Gasteiger partial charge >= 0.3 is 11.7 Å². The predicted molar refractivity (Wildman–Crippen MR) is 67.5 cm³/mol. The maximum absolute atomic E-state index is 11.7. The summed E-state index contributed by atoms with van der Waals surface area (Å²) in [6, 6.07) is 1.20. The lowest BCUT2D eigenvalue weighted by Gasteiger charge is -2.13. The maximum Gasteiger partial charge on any atom is 0.354 e. The number of rotatable bonds is 5. The number of carbonyl (C=O) groups excluding carboxylic acids is 2. The van der Waals surface area contributed by atoms with E-state index >= 15 is 0 Å². The molecule has 0 radical (unpaired) electrons. The van der Waals surface area contributed by atoms with Crippen LogP contribution in [0.2, 0.25) is 0 Å². The molecule has 0 fully saturated rings. The van der Waals surface area contributed by atoms with E-state index in [0.29, 0.717) is 0 Å². The summed E-state index contributed by atoms with van der Waals surface area (Å²) >= 11 is 0. The minimum Gasteiger partial charge on any atom is -0.496 e. The van der Waals surface area contributed by atoms with Crippen LogP contribution in [0.3, 0.4) is 0 Å². The number of ether oxygens (including phenoxy) is 3. The zero-order valence-electron chi connectivity index (χ0n) is 11.4. The van der Waals surface area contributed by atoms with Crippen LogP contribution in [0.1, 0.15) is 24.2 Å². The number of methoxy groups -OCH3 is 2. The van der Waals surface area contributed by atoms with Crippen LogP contribution in [0.5, 0.6) is 17.2 Å². The van der Waals surface area contributed by atoms with Crippen LogP contribution in [0.15, 0.2) is 6.07 Å². The normalized spacial score (nSPS) is 9.80. The van der Waals surface area contributed by atoms with E-state index in [1.165, 1.54) is 27.2 Å². The molecule has 8 nitrogen and oxygen atoms in total. The first kappa shape index (κ1) is 15.4. The van der Waals surface area contributed by atoms with Crippen LogP contribution < -0.4 is 14.2 Å². The summed E-state index contributed by atoms with van der Waals surface area (Å²) in [4.78, 5) is 33.1. The number of nitro benzene ring substituents is 1. The fourth-order valence-electron chi connectivity index (χ4n) is 1.67. The summed E-state index contributed by atoms with van der Waals surface area (Å²) in [6.07, 6.45) is 0. The third kappa shape index (κ3) is 2.85. The van der Waals surface area contributed by atoms with Crippen molar-refractivity contribution in [3.05, 3.63) is 21.7 Å². The van der Waals surface area contributed by atoms with Gasteiger partial charge in [0.1, 0.15) is 11.3 Å². The Bertz CT molecular complexity index is 539. The largest absolute Gasteiger partial charge is 0.496 e. The molecule has 0 aliphatic heterocycles. The Labute approximate surface area is 114 Å². The van der Waals surface area contributed by atoms with Crippen molar-refractivity contribution >= 4 is 17.4 Å². The van der Waals surface area contributed by atoms with E-state index in [4.69, 9.17) is 14.2 Å². The van der Waals surface area contributed by atoms with Crippen molar-refractivity contribution in [3.8, 4) is 17.2 Å². The van der Waals surface area contributed by atoms with Crippen LogP contribution in [-0.4, -0.2) is 30.9 Å². The highest BCUT2D eigenvalue weighted by Gasteiger charge is 2.32. The van der Waals surface area contributed by atoms with Crippen LogP contribution in [0.4, 0.5) is 5.69 Å². The fourth-order valence-corrected chi connectivity index (χ4v) is 1.67. The summed E-state index contributed by atoms with van der Waals surface area (Å²) in [6.45, 7) is 2.25. The van der Waals surface area contributed by atoms with Crippen molar-refractivity contribution in [2.45, 2.75) is 13.8 Å². The number of benzene rings is 1. The first-order chi connectivity index (χ1) is 9.33. The maximum atomic E-state index is 11.7. The monoisotopic (exact) mass is 283 g/mol. The molecule has 0 saturated heterocycles. The number of hydrogen-bond donors (Lipinski definition) is 0. The number of Topliss-reactive ketones (excluding diaryl/α,β-unsaturated/α-hetero) is 1. The smallest absolute Gasteiger partial charge is 0.354 e. The van der Waals surface area contributed by atoms with E-state index in [2.05, 4.69) is 0 Å². The van der Waals surface area contributed by atoms with E-state index < -0.39 is 28.1 Å². The van der Waals surface area contributed by atoms with Crippen molar-refractivity contribution in [1.82, 2.24) is 0 Å². The SMILES string of the molecule is COc1cc(OC)c([N+](=O)[O-])c(OC(C)=O)c1C(C)=O. The van der Waals surface area contributed by atoms with Crippen LogP contribution in [0, 0.1) is 10.1 Å². The van der Waals surface area contributed by atoms with Crippen molar-refractivity contribution in [2.75, 3.05) is 14.2 Å². The highest BCUT2D eigenvalue weighted by molar-refractivity contribution is 6.02. The van der Waals surface area contributed by atoms with E-state index in [1.807, 2.05) is 0 Å². The Balaban J connectivity index is 3.79. The van der Waals surface area contributed by atoms with Crippen LogP contribution in [0.25, 0.3) is 0 Å². The molecule has 0 unspecified atom stereocenters. The molecule has 1 rings (SSSR count). The molecule has 0 aliphatic carbocycles. The van der Waals surface area contributed by atoms with Gasteiger partial charge in [0.15, 0.2) is 5.78 Å².